The Balaban J connectivity index is 3.13. The van der Waals surface area contributed by atoms with Gasteiger partial charge in [-0.2, -0.15) is 0 Å². The molecular weight excluding hydrogens is 246 g/mol. The average molecular weight is 263 g/mol. The third-order valence-electron chi connectivity index (χ3n) is 2.35. The molecule has 5 heteroatoms. The van der Waals surface area contributed by atoms with Gasteiger partial charge in [0.2, 0.25) is 5.91 Å². The number of amides is 1. The molecule has 0 aliphatic rings. The largest absolute Gasteiger partial charge is 0.486 e. The minimum absolute atomic E-state index is 0.200. The maximum atomic E-state index is 11.6. The number of anilines is 1. The van der Waals surface area contributed by atoms with Crippen LogP contribution in [0.4, 0.5) is 5.69 Å². The van der Waals surface area contributed by atoms with Crippen molar-refractivity contribution in [3.05, 3.63) is 36.4 Å². The molecule has 1 aromatic rings. The fraction of sp³-hybridized carbons (Fsp3) is 0.286. The summed E-state index contributed by atoms with van der Waals surface area (Å²) >= 11 is 0. The van der Waals surface area contributed by atoms with Gasteiger partial charge in [-0.25, -0.2) is 4.79 Å². The van der Waals surface area contributed by atoms with Gasteiger partial charge in [0.25, 0.3) is 0 Å². The first-order chi connectivity index (χ1) is 8.97. The quantitative estimate of drug-likeness (QED) is 0.654. The van der Waals surface area contributed by atoms with Crippen LogP contribution in [0.2, 0.25) is 0 Å². The van der Waals surface area contributed by atoms with Crippen LogP contribution >= 0.6 is 0 Å². The van der Waals surface area contributed by atoms with Crippen LogP contribution in [-0.4, -0.2) is 25.1 Å². The minimum atomic E-state index is -0.499. The predicted molar refractivity (Wildman–Crippen MR) is 72.4 cm³/mol. The first-order valence-electron chi connectivity index (χ1n) is 5.77. The van der Waals surface area contributed by atoms with E-state index in [1.54, 1.807) is 31.2 Å². The number of rotatable bonds is 5. The standard InChI is InChI=1S/C14H17NO4/c1-5-9(2)19-13-8-11(15-10(3)16)6-7-12(13)14(17)18-4/h5-9H,1H2,2-4H3,(H,15,16). The third kappa shape index (κ3) is 4.13. The highest BCUT2D eigenvalue weighted by Gasteiger charge is 2.15. The third-order valence-corrected chi connectivity index (χ3v) is 2.35. The molecule has 0 aliphatic heterocycles. The zero-order valence-electron chi connectivity index (χ0n) is 11.2. The number of carbonyl (C=O) groups excluding carboxylic acids is 2. The van der Waals surface area contributed by atoms with E-state index < -0.39 is 5.97 Å². The van der Waals surface area contributed by atoms with Gasteiger partial charge in [-0.1, -0.05) is 12.7 Å². The summed E-state index contributed by atoms with van der Waals surface area (Å²) in [5, 5.41) is 2.62. The second kappa shape index (κ2) is 6.58. The zero-order chi connectivity index (χ0) is 14.4. The van der Waals surface area contributed by atoms with E-state index >= 15 is 0 Å². The van der Waals surface area contributed by atoms with Crippen LogP contribution < -0.4 is 10.1 Å². The van der Waals surface area contributed by atoms with Gasteiger partial charge in [-0.05, 0) is 19.1 Å². The summed E-state index contributed by atoms with van der Waals surface area (Å²) in [4.78, 5) is 22.6. The van der Waals surface area contributed by atoms with Crippen LogP contribution in [0, 0.1) is 0 Å². The smallest absolute Gasteiger partial charge is 0.341 e. The number of benzene rings is 1. The maximum absolute atomic E-state index is 11.6. The van der Waals surface area contributed by atoms with Crippen LogP contribution in [0.15, 0.2) is 30.9 Å². The Hall–Kier alpha value is -2.30. The van der Waals surface area contributed by atoms with E-state index in [-0.39, 0.29) is 12.0 Å². The molecule has 1 unspecified atom stereocenters. The molecule has 0 saturated carbocycles. The van der Waals surface area contributed by atoms with Crippen molar-refractivity contribution in [2.75, 3.05) is 12.4 Å². The van der Waals surface area contributed by atoms with E-state index in [4.69, 9.17) is 4.74 Å². The van der Waals surface area contributed by atoms with Crippen molar-refractivity contribution in [1.82, 2.24) is 0 Å². The van der Waals surface area contributed by atoms with E-state index in [1.807, 2.05) is 0 Å². The van der Waals surface area contributed by atoms with Gasteiger partial charge in [0.15, 0.2) is 0 Å². The van der Waals surface area contributed by atoms with Crippen molar-refractivity contribution >= 4 is 17.6 Å². The molecule has 5 nitrogen and oxygen atoms in total. The van der Waals surface area contributed by atoms with E-state index in [2.05, 4.69) is 16.6 Å². The van der Waals surface area contributed by atoms with Crippen LogP contribution in [0.5, 0.6) is 5.75 Å². The molecule has 102 valence electrons. The zero-order valence-corrected chi connectivity index (χ0v) is 11.2. The van der Waals surface area contributed by atoms with E-state index in [1.165, 1.54) is 14.0 Å². The van der Waals surface area contributed by atoms with Crippen molar-refractivity contribution < 1.29 is 19.1 Å². The Labute approximate surface area is 112 Å². The van der Waals surface area contributed by atoms with E-state index in [9.17, 15) is 9.59 Å². The van der Waals surface area contributed by atoms with Crippen molar-refractivity contribution in [3.8, 4) is 5.75 Å². The summed E-state index contributed by atoms with van der Waals surface area (Å²) < 4.78 is 10.3. The molecule has 1 N–H and O–H groups in total. The number of methoxy groups -OCH3 is 1. The maximum Gasteiger partial charge on any atom is 0.341 e. The molecule has 0 bridgehead atoms. The molecule has 0 saturated heterocycles. The normalized spacial score (nSPS) is 11.3. The molecule has 1 aromatic carbocycles. The van der Waals surface area contributed by atoms with Crippen LogP contribution in [0.3, 0.4) is 0 Å². The molecule has 0 aliphatic carbocycles. The highest BCUT2D eigenvalue weighted by atomic mass is 16.5. The van der Waals surface area contributed by atoms with Crippen LogP contribution in [0.1, 0.15) is 24.2 Å². The monoisotopic (exact) mass is 263 g/mol. The molecule has 0 spiro atoms. The summed E-state index contributed by atoms with van der Waals surface area (Å²) in [6, 6.07) is 4.73. The van der Waals surface area contributed by atoms with Crippen LogP contribution in [-0.2, 0) is 9.53 Å². The van der Waals surface area contributed by atoms with Gasteiger partial charge < -0.3 is 14.8 Å². The SMILES string of the molecule is C=CC(C)Oc1cc(NC(C)=O)ccc1C(=O)OC. The van der Waals surface area contributed by atoms with E-state index in [0.29, 0.717) is 17.0 Å². The summed E-state index contributed by atoms with van der Waals surface area (Å²) in [5.41, 5.74) is 0.844. The Morgan fingerprint density at radius 3 is 2.63 bits per heavy atom. The molecule has 0 heterocycles. The fourth-order valence-electron chi connectivity index (χ4n) is 1.43. The van der Waals surface area contributed by atoms with Gasteiger partial charge in [-0.15, -0.1) is 0 Å². The molecule has 1 rings (SSSR count). The molecular formula is C14H17NO4. The number of ether oxygens (including phenoxy) is 2. The number of carbonyl (C=O) groups is 2. The lowest BCUT2D eigenvalue weighted by molar-refractivity contribution is -0.114. The molecule has 0 radical (unpaired) electrons. The summed E-state index contributed by atoms with van der Waals surface area (Å²) in [5.74, 6) is -0.361. The average Bonchev–Trinajstić information content (AvgIpc) is 2.37. The summed E-state index contributed by atoms with van der Waals surface area (Å²) in [6.45, 7) is 6.81. The first-order valence-corrected chi connectivity index (χ1v) is 5.77. The van der Waals surface area contributed by atoms with Crippen molar-refractivity contribution in [1.29, 1.82) is 0 Å². The van der Waals surface area contributed by atoms with Crippen LogP contribution in [0.25, 0.3) is 0 Å². The van der Waals surface area contributed by atoms with Gasteiger partial charge >= 0.3 is 5.97 Å². The lowest BCUT2D eigenvalue weighted by atomic mass is 10.1. The Bertz CT molecular complexity index is 496. The molecule has 1 atom stereocenters. The summed E-state index contributed by atoms with van der Waals surface area (Å²) in [6.07, 6.45) is 1.34. The Morgan fingerprint density at radius 2 is 2.11 bits per heavy atom. The highest BCUT2D eigenvalue weighted by molar-refractivity contribution is 5.94. The lowest BCUT2D eigenvalue weighted by Gasteiger charge is -2.15. The van der Waals surface area contributed by atoms with Gasteiger partial charge in [0, 0.05) is 18.7 Å². The summed E-state index contributed by atoms with van der Waals surface area (Å²) in [7, 11) is 1.30. The van der Waals surface area contributed by atoms with Crippen molar-refractivity contribution in [2.24, 2.45) is 0 Å². The molecule has 0 fully saturated rings. The number of esters is 1. The number of hydrogen-bond acceptors (Lipinski definition) is 4. The van der Waals surface area contributed by atoms with Gasteiger partial charge in [0.1, 0.15) is 17.4 Å². The fourth-order valence-corrected chi connectivity index (χ4v) is 1.43. The Kier molecular flexibility index (Phi) is 5.11. The van der Waals surface area contributed by atoms with E-state index in [0.717, 1.165) is 0 Å². The second-order valence-corrected chi connectivity index (χ2v) is 3.94. The first kappa shape index (κ1) is 14.8. The minimum Gasteiger partial charge on any atom is -0.486 e. The Morgan fingerprint density at radius 1 is 1.42 bits per heavy atom. The molecule has 0 aromatic heterocycles. The van der Waals surface area contributed by atoms with Crippen molar-refractivity contribution in [3.63, 3.8) is 0 Å². The number of hydrogen-bond donors (Lipinski definition) is 1. The molecule has 19 heavy (non-hydrogen) atoms. The topological polar surface area (TPSA) is 64.6 Å². The number of nitrogens with one attached hydrogen (secondary N) is 1. The predicted octanol–water partition coefficient (Wildman–Crippen LogP) is 2.38. The van der Waals surface area contributed by atoms with Gasteiger partial charge in [-0.3, -0.25) is 4.79 Å². The highest BCUT2D eigenvalue weighted by Crippen LogP contribution is 2.25. The lowest BCUT2D eigenvalue weighted by Crippen LogP contribution is -2.13. The second-order valence-electron chi connectivity index (χ2n) is 3.94. The molecule has 1 amide bonds. The van der Waals surface area contributed by atoms with Crippen molar-refractivity contribution in [2.45, 2.75) is 20.0 Å². The van der Waals surface area contributed by atoms with Gasteiger partial charge in [0.05, 0.1) is 7.11 Å².